The van der Waals surface area contributed by atoms with Gasteiger partial charge in [0.15, 0.2) is 0 Å². The van der Waals surface area contributed by atoms with Gasteiger partial charge in [-0.3, -0.25) is 4.79 Å². The third-order valence-corrected chi connectivity index (χ3v) is 4.30. The molecule has 0 atom stereocenters. The fraction of sp³-hybridized carbons (Fsp3) is 0.136. The molecule has 3 rings (SSSR count). The summed E-state index contributed by atoms with van der Waals surface area (Å²) in [7, 11) is 0. The molecular weight excluding hydrogens is 346 g/mol. The minimum Gasteiger partial charge on any atom is -0.493 e. The van der Waals surface area contributed by atoms with Crippen LogP contribution in [0.4, 0.5) is 5.69 Å². The fourth-order valence-corrected chi connectivity index (χ4v) is 2.73. The van der Waals surface area contributed by atoms with Crippen LogP contribution in [0.2, 0.25) is 5.02 Å². The molecule has 0 saturated carbocycles. The van der Waals surface area contributed by atoms with Crippen LogP contribution in [-0.2, 0) is 6.42 Å². The number of amides is 1. The summed E-state index contributed by atoms with van der Waals surface area (Å²) in [6.07, 6.45) is 0.844. The van der Waals surface area contributed by atoms with Gasteiger partial charge in [-0.05, 0) is 54.4 Å². The van der Waals surface area contributed by atoms with Gasteiger partial charge < -0.3 is 10.1 Å². The van der Waals surface area contributed by atoms with E-state index in [-0.39, 0.29) is 5.91 Å². The molecule has 0 bridgehead atoms. The number of hydrogen-bond donors (Lipinski definition) is 1. The maximum Gasteiger partial charge on any atom is 0.255 e. The molecule has 0 saturated heterocycles. The molecule has 3 aromatic rings. The van der Waals surface area contributed by atoms with Crippen LogP contribution >= 0.6 is 11.6 Å². The number of nitrogens with one attached hydrogen (secondary N) is 1. The van der Waals surface area contributed by atoms with Crippen LogP contribution in [0.5, 0.6) is 5.75 Å². The predicted octanol–water partition coefficient (Wildman–Crippen LogP) is 5.52. The highest BCUT2D eigenvalue weighted by molar-refractivity contribution is 6.31. The molecule has 132 valence electrons. The lowest BCUT2D eigenvalue weighted by Gasteiger charge is -2.10. The molecule has 0 aromatic heterocycles. The zero-order valence-electron chi connectivity index (χ0n) is 14.5. The molecule has 3 nitrogen and oxygen atoms in total. The minimum absolute atomic E-state index is 0.175. The molecule has 0 aliphatic rings. The van der Waals surface area contributed by atoms with E-state index < -0.39 is 0 Å². The number of halogens is 1. The van der Waals surface area contributed by atoms with Crippen LogP contribution in [0.15, 0.2) is 72.8 Å². The molecule has 4 heteroatoms. The topological polar surface area (TPSA) is 38.3 Å². The zero-order chi connectivity index (χ0) is 18.4. The van der Waals surface area contributed by atoms with Gasteiger partial charge in [-0.15, -0.1) is 0 Å². The minimum atomic E-state index is -0.175. The van der Waals surface area contributed by atoms with Gasteiger partial charge in [0.1, 0.15) is 5.75 Å². The van der Waals surface area contributed by atoms with E-state index in [1.54, 1.807) is 24.3 Å². The summed E-state index contributed by atoms with van der Waals surface area (Å²) in [4.78, 5) is 12.4. The molecular formula is C22H20ClNO2. The van der Waals surface area contributed by atoms with Crippen molar-refractivity contribution in [1.82, 2.24) is 0 Å². The Morgan fingerprint density at radius 2 is 1.73 bits per heavy atom. The monoisotopic (exact) mass is 365 g/mol. The Hall–Kier alpha value is -2.78. The Balaban J connectivity index is 1.56. The normalized spacial score (nSPS) is 10.4. The van der Waals surface area contributed by atoms with Crippen LogP contribution in [0.3, 0.4) is 0 Å². The molecule has 0 fully saturated rings. The SMILES string of the molecule is Cc1ccc(Cl)cc1NC(=O)c1ccc(OCCc2ccccc2)cc1. The van der Waals surface area contributed by atoms with Gasteiger partial charge in [0.05, 0.1) is 6.61 Å². The summed E-state index contributed by atoms with van der Waals surface area (Å²) in [6, 6.07) is 22.7. The molecule has 1 amide bonds. The van der Waals surface area contributed by atoms with Crippen molar-refractivity contribution in [3.63, 3.8) is 0 Å². The molecule has 0 radical (unpaired) electrons. The second kappa shape index (κ2) is 8.54. The van der Waals surface area contributed by atoms with Crippen LogP contribution in [0, 0.1) is 6.92 Å². The molecule has 3 aromatic carbocycles. The first-order valence-electron chi connectivity index (χ1n) is 8.46. The number of aryl methyl sites for hydroxylation is 1. The summed E-state index contributed by atoms with van der Waals surface area (Å²) >= 11 is 5.99. The van der Waals surface area contributed by atoms with Crippen molar-refractivity contribution >= 4 is 23.2 Å². The first-order chi connectivity index (χ1) is 12.6. The van der Waals surface area contributed by atoms with Crippen LogP contribution in [0.1, 0.15) is 21.5 Å². The molecule has 0 aliphatic heterocycles. The van der Waals surface area contributed by atoms with Gasteiger partial charge in [0.2, 0.25) is 0 Å². The Kier molecular flexibility index (Phi) is 5.92. The highest BCUT2D eigenvalue weighted by Crippen LogP contribution is 2.21. The van der Waals surface area contributed by atoms with E-state index in [0.29, 0.717) is 22.9 Å². The Morgan fingerprint density at radius 3 is 2.46 bits per heavy atom. The standard InChI is InChI=1S/C22H20ClNO2/c1-16-7-10-19(23)15-21(16)24-22(25)18-8-11-20(12-9-18)26-14-13-17-5-3-2-4-6-17/h2-12,15H,13-14H2,1H3,(H,24,25). The van der Waals surface area contributed by atoms with Gasteiger partial charge in [0.25, 0.3) is 5.91 Å². The maximum atomic E-state index is 12.4. The van der Waals surface area contributed by atoms with Crippen LogP contribution < -0.4 is 10.1 Å². The number of hydrogen-bond acceptors (Lipinski definition) is 2. The molecule has 0 spiro atoms. The van der Waals surface area contributed by atoms with Gasteiger partial charge in [-0.25, -0.2) is 0 Å². The van der Waals surface area contributed by atoms with Crippen molar-refractivity contribution in [2.24, 2.45) is 0 Å². The van der Waals surface area contributed by atoms with Crippen molar-refractivity contribution in [3.05, 3.63) is 94.5 Å². The number of anilines is 1. The lowest BCUT2D eigenvalue weighted by molar-refractivity contribution is 0.102. The quantitative estimate of drug-likeness (QED) is 0.624. The molecule has 0 unspecified atom stereocenters. The van der Waals surface area contributed by atoms with Crippen molar-refractivity contribution < 1.29 is 9.53 Å². The number of benzene rings is 3. The van der Waals surface area contributed by atoms with E-state index in [0.717, 1.165) is 17.7 Å². The van der Waals surface area contributed by atoms with Gasteiger partial charge >= 0.3 is 0 Å². The van der Waals surface area contributed by atoms with E-state index in [1.165, 1.54) is 5.56 Å². The first kappa shape index (κ1) is 18.0. The van der Waals surface area contributed by atoms with Crippen molar-refractivity contribution in [1.29, 1.82) is 0 Å². The average molecular weight is 366 g/mol. The molecule has 0 aliphatic carbocycles. The Labute approximate surface area is 158 Å². The summed E-state index contributed by atoms with van der Waals surface area (Å²) in [5, 5.41) is 3.48. The van der Waals surface area contributed by atoms with Crippen LogP contribution in [-0.4, -0.2) is 12.5 Å². The fourth-order valence-electron chi connectivity index (χ4n) is 2.56. The largest absolute Gasteiger partial charge is 0.493 e. The predicted molar refractivity (Wildman–Crippen MR) is 106 cm³/mol. The number of carbonyl (C=O) groups excluding carboxylic acids is 1. The van der Waals surface area contributed by atoms with Gasteiger partial charge in [-0.2, -0.15) is 0 Å². The highest BCUT2D eigenvalue weighted by Gasteiger charge is 2.08. The summed E-state index contributed by atoms with van der Waals surface area (Å²) in [5.74, 6) is 0.572. The number of ether oxygens (including phenoxy) is 1. The second-order valence-electron chi connectivity index (χ2n) is 6.02. The van der Waals surface area contributed by atoms with E-state index in [2.05, 4.69) is 17.4 Å². The van der Waals surface area contributed by atoms with E-state index in [1.807, 2.05) is 43.3 Å². The first-order valence-corrected chi connectivity index (χ1v) is 8.84. The Morgan fingerprint density at radius 1 is 1.00 bits per heavy atom. The van der Waals surface area contributed by atoms with Crippen LogP contribution in [0.25, 0.3) is 0 Å². The average Bonchev–Trinajstić information content (AvgIpc) is 2.66. The lowest BCUT2D eigenvalue weighted by atomic mass is 10.1. The molecule has 0 heterocycles. The molecule has 26 heavy (non-hydrogen) atoms. The third-order valence-electron chi connectivity index (χ3n) is 4.07. The van der Waals surface area contributed by atoms with Crippen molar-refractivity contribution in [2.75, 3.05) is 11.9 Å². The Bertz CT molecular complexity index is 876. The molecule has 1 N–H and O–H groups in total. The zero-order valence-corrected chi connectivity index (χ0v) is 15.3. The van der Waals surface area contributed by atoms with E-state index in [4.69, 9.17) is 16.3 Å². The van der Waals surface area contributed by atoms with Gasteiger partial charge in [-0.1, -0.05) is 48.0 Å². The number of rotatable bonds is 6. The smallest absolute Gasteiger partial charge is 0.255 e. The second-order valence-corrected chi connectivity index (χ2v) is 6.46. The summed E-state index contributed by atoms with van der Waals surface area (Å²) < 4.78 is 5.75. The summed E-state index contributed by atoms with van der Waals surface area (Å²) in [6.45, 7) is 2.52. The highest BCUT2D eigenvalue weighted by atomic mass is 35.5. The number of carbonyl (C=O) groups is 1. The summed E-state index contributed by atoms with van der Waals surface area (Å²) in [5.41, 5.74) is 3.48. The van der Waals surface area contributed by atoms with Crippen molar-refractivity contribution in [3.8, 4) is 5.75 Å². The maximum absolute atomic E-state index is 12.4. The van der Waals surface area contributed by atoms with Gasteiger partial charge in [0, 0.05) is 22.7 Å². The van der Waals surface area contributed by atoms with E-state index >= 15 is 0 Å². The third kappa shape index (κ3) is 4.87. The van der Waals surface area contributed by atoms with E-state index in [9.17, 15) is 4.79 Å². The van der Waals surface area contributed by atoms with Crippen molar-refractivity contribution in [2.45, 2.75) is 13.3 Å². The lowest BCUT2D eigenvalue weighted by Crippen LogP contribution is -2.12.